The molecule has 0 fully saturated rings. The number of aliphatic hydroxyl groups excluding tert-OH is 1. The molecule has 1 heterocycles. The molecule has 1 N–H and O–H groups in total. The van der Waals surface area contributed by atoms with Crippen molar-refractivity contribution in [2.75, 3.05) is 0 Å². The average molecular weight is 301 g/mol. The van der Waals surface area contributed by atoms with Crippen molar-refractivity contribution in [3.05, 3.63) is 69.7 Å². The number of hydrogen-bond donors (Lipinski definition) is 1. The van der Waals surface area contributed by atoms with Gasteiger partial charge in [-0.05, 0) is 24.6 Å². The molecule has 21 heavy (non-hydrogen) atoms. The molecule has 0 aliphatic rings. The fourth-order valence-corrected chi connectivity index (χ4v) is 2.61. The molecule has 2 aromatic carbocycles. The number of hydrogen-bond acceptors (Lipinski definition) is 3. The van der Waals surface area contributed by atoms with E-state index < -0.39 is 11.7 Å². The number of benzene rings is 2. The summed E-state index contributed by atoms with van der Waals surface area (Å²) in [6.45, 7) is 1.58. The molecule has 1 atom stereocenters. The van der Waals surface area contributed by atoms with E-state index in [-0.39, 0.29) is 5.76 Å². The minimum absolute atomic E-state index is 0.265. The number of fused-ring (bicyclic) bond motifs is 1. The summed E-state index contributed by atoms with van der Waals surface area (Å²) < 4.78 is 5.33. The molecule has 106 valence electrons. The average Bonchev–Trinajstić information content (AvgIpc) is 2.48. The molecule has 3 nitrogen and oxygen atoms in total. The largest absolute Gasteiger partial charge is 0.424 e. The lowest BCUT2D eigenvalue weighted by atomic mass is 9.97. The lowest BCUT2D eigenvalue weighted by Gasteiger charge is -2.13. The summed E-state index contributed by atoms with van der Waals surface area (Å²) in [5.74, 6) is 0.265. The maximum atomic E-state index is 12.1. The summed E-state index contributed by atoms with van der Waals surface area (Å²) in [4.78, 5) is 12.1. The van der Waals surface area contributed by atoms with Crippen LogP contribution in [0.5, 0.6) is 0 Å². The van der Waals surface area contributed by atoms with Crippen LogP contribution in [-0.2, 0) is 0 Å². The molecule has 0 bridgehead atoms. The number of halogens is 1. The molecule has 0 aliphatic carbocycles. The van der Waals surface area contributed by atoms with Gasteiger partial charge in [0.2, 0.25) is 0 Å². The highest BCUT2D eigenvalue weighted by Crippen LogP contribution is 2.34. The predicted octanol–water partition coefficient (Wildman–Crippen LogP) is 4.17. The molecular formula is C17H13ClO3. The molecule has 0 saturated heterocycles. The maximum absolute atomic E-state index is 12.1. The summed E-state index contributed by atoms with van der Waals surface area (Å²) in [5, 5.41) is 11.5. The van der Waals surface area contributed by atoms with Gasteiger partial charge in [-0.15, -0.1) is 0 Å². The minimum atomic E-state index is -0.881. The van der Waals surface area contributed by atoms with Crippen LogP contribution < -0.4 is 5.63 Å². The fourth-order valence-electron chi connectivity index (χ4n) is 2.44. The summed E-state index contributed by atoms with van der Waals surface area (Å²) in [7, 11) is 0. The van der Waals surface area contributed by atoms with Gasteiger partial charge in [-0.1, -0.05) is 48.0 Å². The van der Waals surface area contributed by atoms with Crippen molar-refractivity contribution in [2.24, 2.45) is 0 Å². The topological polar surface area (TPSA) is 50.4 Å². The van der Waals surface area contributed by atoms with E-state index in [9.17, 15) is 9.90 Å². The quantitative estimate of drug-likeness (QED) is 0.773. The normalized spacial score (nSPS) is 12.5. The Balaban J connectivity index is 2.47. The van der Waals surface area contributed by atoms with Gasteiger partial charge in [-0.25, -0.2) is 4.79 Å². The van der Waals surface area contributed by atoms with Crippen molar-refractivity contribution in [1.29, 1.82) is 0 Å². The maximum Gasteiger partial charge on any atom is 0.344 e. The molecule has 3 aromatic rings. The molecule has 0 saturated carbocycles. The smallest absolute Gasteiger partial charge is 0.344 e. The SMILES string of the molecule is CC(O)c1oc(=O)c2cc(Cl)ccc2c1-c1ccccc1. The zero-order valence-electron chi connectivity index (χ0n) is 11.3. The van der Waals surface area contributed by atoms with E-state index in [2.05, 4.69) is 0 Å². The van der Waals surface area contributed by atoms with Crippen molar-refractivity contribution < 1.29 is 9.52 Å². The van der Waals surface area contributed by atoms with E-state index in [0.29, 0.717) is 10.4 Å². The second kappa shape index (κ2) is 5.35. The molecule has 0 spiro atoms. The van der Waals surface area contributed by atoms with E-state index >= 15 is 0 Å². The zero-order valence-corrected chi connectivity index (χ0v) is 12.1. The van der Waals surface area contributed by atoms with Crippen LogP contribution in [-0.4, -0.2) is 5.11 Å². The molecule has 0 amide bonds. The van der Waals surface area contributed by atoms with Gasteiger partial charge in [-0.2, -0.15) is 0 Å². The van der Waals surface area contributed by atoms with E-state index in [1.165, 1.54) is 0 Å². The minimum Gasteiger partial charge on any atom is -0.424 e. The first kappa shape index (κ1) is 13.9. The molecule has 1 aromatic heterocycles. The van der Waals surface area contributed by atoms with Crippen molar-refractivity contribution in [2.45, 2.75) is 13.0 Å². The van der Waals surface area contributed by atoms with Crippen LogP contribution in [0.15, 0.2) is 57.7 Å². The third-order valence-electron chi connectivity index (χ3n) is 3.36. The standard InChI is InChI=1S/C17H13ClO3/c1-10(19)16-15(11-5-3-2-4-6-11)13-8-7-12(18)9-14(13)17(20)21-16/h2-10,19H,1H3. The van der Waals surface area contributed by atoms with Gasteiger partial charge < -0.3 is 9.52 Å². The van der Waals surface area contributed by atoms with Gasteiger partial charge in [0.15, 0.2) is 0 Å². The van der Waals surface area contributed by atoms with Crippen LogP contribution in [0.3, 0.4) is 0 Å². The van der Waals surface area contributed by atoms with E-state index in [4.69, 9.17) is 16.0 Å². The Morgan fingerprint density at radius 1 is 1.10 bits per heavy atom. The Bertz CT molecular complexity index is 851. The summed E-state index contributed by atoms with van der Waals surface area (Å²) >= 11 is 5.96. The van der Waals surface area contributed by atoms with Crippen LogP contribution in [0.2, 0.25) is 5.02 Å². The fraction of sp³-hybridized carbons (Fsp3) is 0.118. The molecule has 0 aliphatic heterocycles. The summed E-state index contributed by atoms with van der Waals surface area (Å²) in [5.41, 5.74) is 1.10. The third-order valence-corrected chi connectivity index (χ3v) is 3.60. The van der Waals surface area contributed by atoms with Gasteiger partial charge in [0.25, 0.3) is 0 Å². The lowest BCUT2D eigenvalue weighted by Crippen LogP contribution is -2.07. The van der Waals surface area contributed by atoms with Gasteiger partial charge in [0.05, 0.1) is 5.39 Å². The monoisotopic (exact) mass is 300 g/mol. The first-order chi connectivity index (χ1) is 10.1. The van der Waals surface area contributed by atoms with Crippen molar-refractivity contribution in [3.63, 3.8) is 0 Å². The first-order valence-electron chi connectivity index (χ1n) is 6.57. The molecule has 1 unspecified atom stereocenters. The van der Waals surface area contributed by atoms with Crippen molar-refractivity contribution in [1.82, 2.24) is 0 Å². The van der Waals surface area contributed by atoms with Gasteiger partial charge >= 0.3 is 5.63 Å². The lowest BCUT2D eigenvalue weighted by molar-refractivity contribution is 0.166. The molecule has 4 heteroatoms. The summed E-state index contributed by atoms with van der Waals surface area (Å²) in [6.07, 6.45) is -0.881. The highest BCUT2D eigenvalue weighted by molar-refractivity contribution is 6.31. The second-order valence-corrected chi connectivity index (χ2v) is 5.30. The van der Waals surface area contributed by atoms with Crippen LogP contribution >= 0.6 is 11.6 Å². The Kier molecular flexibility index (Phi) is 3.53. The van der Waals surface area contributed by atoms with E-state index in [0.717, 1.165) is 16.5 Å². The molecular weight excluding hydrogens is 288 g/mol. The van der Waals surface area contributed by atoms with Crippen LogP contribution in [0.25, 0.3) is 21.9 Å². The second-order valence-electron chi connectivity index (χ2n) is 4.86. The Hall–Kier alpha value is -2.10. The van der Waals surface area contributed by atoms with Crippen LogP contribution in [0, 0.1) is 0 Å². The van der Waals surface area contributed by atoms with Crippen LogP contribution in [0.1, 0.15) is 18.8 Å². The van der Waals surface area contributed by atoms with Gasteiger partial charge in [0, 0.05) is 16.0 Å². The predicted molar refractivity (Wildman–Crippen MR) is 83.6 cm³/mol. The highest BCUT2D eigenvalue weighted by atomic mass is 35.5. The Labute approximate surface area is 126 Å². The van der Waals surface area contributed by atoms with E-state index in [1.54, 1.807) is 25.1 Å². The Morgan fingerprint density at radius 3 is 2.48 bits per heavy atom. The third kappa shape index (κ3) is 2.46. The Morgan fingerprint density at radius 2 is 1.81 bits per heavy atom. The number of aliphatic hydroxyl groups is 1. The van der Waals surface area contributed by atoms with Crippen LogP contribution in [0.4, 0.5) is 0 Å². The zero-order chi connectivity index (χ0) is 15.0. The first-order valence-corrected chi connectivity index (χ1v) is 6.95. The van der Waals surface area contributed by atoms with Crippen molar-refractivity contribution >= 4 is 22.4 Å². The highest BCUT2D eigenvalue weighted by Gasteiger charge is 2.18. The van der Waals surface area contributed by atoms with Crippen molar-refractivity contribution in [3.8, 4) is 11.1 Å². The molecule has 0 radical (unpaired) electrons. The summed E-state index contributed by atoms with van der Waals surface area (Å²) in [6, 6.07) is 14.6. The number of rotatable bonds is 2. The van der Waals surface area contributed by atoms with E-state index in [1.807, 2.05) is 30.3 Å². The van der Waals surface area contributed by atoms with Gasteiger partial charge in [-0.3, -0.25) is 0 Å². The van der Waals surface area contributed by atoms with Gasteiger partial charge in [0.1, 0.15) is 11.9 Å². The molecule has 3 rings (SSSR count).